The molecule has 0 spiro atoms. The molecular formula is C21H19Cl5NO5P. The zero-order valence-electron chi connectivity index (χ0n) is 17.0. The Bertz CT molecular complexity index is 1040. The lowest BCUT2D eigenvalue weighted by atomic mass is 9.91. The molecule has 2 aliphatic rings. The van der Waals surface area contributed by atoms with Gasteiger partial charge in [-0.25, -0.2) is 14.4 Å². The molecule has 1 aliphatic heterocycles. The van der Waals surface area contributed by atoms with Gasteiger partial charge in [-0.2, -0.15) is 0 Å². The standard InChI is InChI=1S/C21H19Cl5NO5P/c22-12-6-8-17-15(10-12)19(21(24,25)26)16-11-13(23)7-9-18(16)32-33(29,31-17)27-20(28)30-14-4-2-1-3-5-14/h6-11,14,19H,1-5H2,(H,27,28,29). The van der Waals surface area contributed by atoms with E-state index in [0.29, 0.717) is 21.2 Å². The van der Waals surface area contributed by atoms with E-state index in [1.54, 1.807) is 0 Å². The molecule has 2 aromatic rings. The van der Waals surface area contributed by atoms with E-state index in [-0.39, 0.29) is 17.6 Å². The van der Waals surface area contributed by atoms with E-state index >= 15 is 0 Å². The molecule has 6 nitrogen and oxygen atoms in total. The van der Waals surface area contributed by atoms with E-state index in [2.05, 4.69) is 5.09 Å². The van der Waals surface area contributed by atoms with E-state index in [0.717, 1.165) is 32.1 Å². The number of alkyl halides is 3. The Balaban J connectivity index is 1.75. The molecular weight excluding hydrogens is 554 g/mol. The lowest BCUT2D eigenvalue weighted by molar-refractivity contribution is 0.0785. The van der Waals surface area contributed by atoms with Crippen molar-refractivity contribution >= 4 is 71.8 Å². The van der Waals surface area contributed by atoms with Gasteiger partial charge in [0.25, 0.3) is 0 Å². The van der Waals surface area contributed by atoms with Crippen LogP contribution in [-0.4, -0.2) is 16.0 Å². The first-order chi connectivity index (χ1) is 15.5. The predicted octanol–water partition coefficient (Wildman–Crippen LogP) is 8.43. The van der Waals surface area contributed by atoms with Gasteiger partial charge in [-0.15, -0.1) is 0 Å². The summed E-state index contributed by atoms with van der Waals surface area (Å²) in [5, 5.41) is 2.93. The van der Waals surface area contributed by atoms with Crippen LogP contribution in [0, 0.1) is 0 Å². The smallest absolute Gasteiger partial charge is 0.446 e. The normalized spacial score (nSPS) is 23.1. The number of hydrogen-bond acceptors (Lipinski definition) is 5. The average Bonchev–Trinajstić information content (AvgIpc) is 2.71. The molecule has 1 fully saturated rings. The first-order valence-corrected chi connectivity index (χ1v) is 13.6. The second-order valence-electron chi connectivity index (χ2n) is 7.80. The fourth-order valence-electron chi connectivity index (χ4n) is 3.97. The van der Waals surface area contributed by atoms with Crippen molar-refractivity contribution in [1.29, 1.82) is 0 Å². The van der Waals surface area contributed by atoms with Crippen molar-refractivity contribution < 1.29 is 23.1 Å². The number of carbonyl (C=O) groups is 1. The third-order valence-electron chi connectivity index (χ3n) is 5.38. The summed E-state index contributed by atoms with van der Waals surface area (Å²) in [4.78, 5) is 12.6. The molecule has 1 amide bonds. The van der Waals surface area contributed by atoms with Crippen LogP contribution in [0.15, 0.2) is 36.4 Å². The second-order valence-corrected chi connectivity index (χ2v) is 12.6. The summed E-state index contributed by atoms with van der Waals surface area (Å²) in [5.74, 6) is -0.821. The largest absolute Gasteiger partial charge is 0.546 e. The highest BCUT2D eigenvalue weighted by atomic mass is 35.6. The second kappa shape index (κ2) is 9.93. The summed E-state index contributed by atoms with van der Waals surface area (Å²) in [6.45, 7) is 0. The Kier molecular flexibility index (Phi) is 7.55. The van der Waals surface area contributed by atoms with Crippen LogP contribution in [0.2, 0.25) is 10.0 Å². The first-order valence-electron chi connectivity index (χ1n) is 10.2. The fraction of sp³-hybridized carbons (Fsp3) is 0.381. The Labute approximate surface area is 216 Å². The fourth-order valence-corrected chi connectivity index (χ4v) is 6.29. The highest BCUT2D eigenvalue weighted by molar-refractivity contribution is 7.53. The first kappa shape index (κ1) is 25.1. The number of rotatable bonds is 2. The minimum absolute atomic E-state index is 0.0580. The van der Waals surface area contributed by atoms with E-state index in [4.69, 9.17) is 71.8 Å². The Morgan fingerprint density at radius 2 is 1.45 bits per heavy atom. The average molecular weight is 574 g/mol. The summed E-state index contributed by atoms with van der Waals surface area (Å²) in [6.07, 6.45) is 3.34. The van der Waals surface area contributed by atoms with Crippen LogP contribution in [0.1, 0.15) is 49.1 Å². The lowest BCUT2D eigenvalue weighted by Gasteiger charge is -2.33. The number of halogens is 5. The number of nitrogens with one attached hydrogen (secondary N) is 1. The Morgan fingerprint density at radius 3 is 1.94 bits per heavy atom. The van der Waals surface area contributed by atoms with Crippen molar-refractivity contribution in [1.82, 2.24) is 5.09 Å². The summed E-state index contributed by atoms with van der Waals surface area (Å²) in [5.41, 5.74) is 0.661. The molecule has 1 aliphatic carbocycles. The van der Waals surface area contributed by atoms with Crippen molar-refractivity contribution in [3.05, 3.63) is 57.6 Å². The van der Waals surface area contributed by atoms with Crippen molar-refractivity contribution in [2.24, 2.45) is 0 Å². The van der Waals surface area contributed by atoms with Crippen molar-refractivity contribution in [3.63, 3.8) is 0 Å². The van der Waals surface area contributed by atoms with Gasteiger partial charge in [0, 0.05) is 21.2 Å². The van der Waals surface area contributed by atoms with Crippen LogP contribution in [0.25, 0.3) is 0 Å². The molecule has 0 atom stereocenters. The van der Waals surface area contributed by atoms with Crippen LogP contribution in [0.3, 0.4) is 0 Å². The third kappa shape index (κ3) is 5.98. The summed E-state index contributed by atoms with van der Waals surface area (Å²) in [6, 6.07) is 9.01. The van der Waals surface area contributed by atoms with Crippen LogP contribution in [0.4, 0.5) is 4.79 Å². The predicted molar refractivity (Wildman–Crippen MR) is 130 cm³/mol. The van der Waals surface area contributed by atoms with Gasteiger partial charge >= 0.3 is 13.8 Å². The molecule has 33 heavy (non-hydrogen) atoms. The zero-order valence-corrected chi connectivity index (χ0v) is 21.7. The summed E-state index contributed by atoms with van der Waals surface area (Å²) in [7, 11) is -4.32. The topological polar surface area (TPSA) is 73.9 Å². The van der Waals surface area contributed by atoms with Crippen molar-refractivity contribution in [2.75, 3.05) is 0 Å². The van der Waals surface area contributed by atoms with Crippen molar-refractivity contribution in [2.45, 2.75) is 47.9 Å². The van der Waals surface area contributed by atoms with Crippen LogP contribution in [-0.2, 0) is 9.30 Å². The molecule has 1 heterocycles. The number of carbonyl (C=O) groups excluding carboxylic acids is 1. The summed E-state index contributed by atoms with van der Waals surface area (Å²) >= 11 is 31.4. The molecule has 0 aromatic heterocycles. The Hall–Kier alpha value is -1.01. The molecule has 0 unspecified atom stereocenters. The SMILES string of the molecule is O=C(NP1(=O)Oc2ccc(Cl)cc2C(C(Cl)(Cl)Cl)c2cc(Cl)ccc2O1)OC1CCCCC1. The highest BCUT2D eigenvalue weighted by Gasteiger charge is 2.44. The quantitative estimate of drug-likeness (QED) is 0.288. The van der Waals surface area contributed by atoms with Gasteiger partial charge in [-0.05, 0) is 62.1 Å². The van der Waals surface area contributed by atoms with Gasteiger partial charge < -0.3 is 13.8 Å². The van der Waals surface area contributed by atoms with Crippen LogP contribution >= 0.6 is 65.8 Å². The third-order valence-corrected chi connectivity index (χ3v) is 7.84. The highest BCUT2D eigenvalue weighted by Crippen LogP contribution is 2.57. The van der Waals surface area contributed by atoms with E-state index in [9.17, 15) is 9.36 Å². The van der Waals surface area contributed by atoms with E-state index < -0.39 is 23.6 Å². The number of amides is 1. The Morgan fingerprint density at radius 1 is 0.939 bits per heavy atom. The molecule has 4 rings (SSSR count). The van der Waals surface area contributed by atoms with E-state index in [1.165, 1.54) is 36.4 Å². The lowest BCUT2D eigenvalue weighted by Crippen LogP contribution is -2.32. The minimum atomic E-state index is -4.32. The maximum Gasteiger partial charge on any atom is 0.546 e. The molecule has 178 valence electrons. The van der Waals surface area contributed by atoms with Crippen LogP contribution < -0.4 is 14.1 Å². The maximum atomic E-state index is 13.7. The molecule has 2 aromatic carbocycles. The van der Waals surface area contributed by atoms with Gasteiger partial charge in [0.2, 0.25) is 3.79 Å². The number of benzene rings is 2. The minimum Gasteiger partial charge on any atom is -0.446 e. The molecule has 1 N–H and O–H groups in total. The molecule has 0 bridgehead atoms. The number of ether oxygens (including phenoxy) is 1. The molecule has 0 radical (unpaired) electrons. The molecule has 12 heteroatoms. The monoisotopic (exact) mass is 571 g/mol. The van der Waals surface area contributed by atoms with Gasteiger partial charge in [0.15, 0.2) is 0 Å². The molecule has 1 saturated carbocycles. The zero-order chi connectivity index (χ0) is 23.8. The van der Waals surface area contributed by atoms with Gasteiger partial charge in [-0.3, -0.25) is 0 Å². The van der Waals surface area contributed by atoms with E-state index in [1.807, 2.05) is 0 Å². The number of fused-ring (bicyclic) bond motifs is 2. The number of hydrogen-bond donors (Lipinski definition) is 1. The van der Waals surface area contributed by atoms with Gasteiger partial charge in [0.1, 0.15) is 17.6 Å². The molecule has 0 saturated heterocycles. The maximum absolute atomic E-state index is 13.7. The van der Waals surface area contributed by atoms with Gasteiger partial charge in [0.05, 0.1) is 5.92 Å². The van der Waals surface area contributed by atoms with Crippen molar-refractivity contribution in [3.8, 4) is 11.5 Å². The summed E-state index contributed by atoms with van der Waals surface area (Å²) < 4.78 is 28.7. The van der Waals surface area contributed by atoms with Gasteiger partial charge in [-0.1, -0.05) is 64.4 Å². The van der Waals surface area contributed by atoms with Crippen LogP contribution in [0.5, 0.6) is 11.5 Å².